The molecular weight excluding hydrogens is 321 g/mol. The molecule has 4 heteroatoms. The van der Waals surface area contributed by atoms with Gasteiger partial charge >= 0.3 is 6.85 Å². The van der Waals surface area contributed by atoms with E-state index in [0.717, 1.165) is 19.3 Å². The molecule has 0 aromatic heterocycles. The Labute approximate surface area is 154 Å². The molecule has 2 aliphatic heterocycles. The highest BCUT2D eigenvalue weighted by atomic mass is 16.7. The molecule has 26 heavy (non-hydrogen) atoms. The quantitative estimate of drug-likeness (QED) is 0.842. The second-order valence-corrected chi connectivity index (χ2v) is 7.22. The van der Waals surface area contributed by atoms with E-state index in [1.165, 1.54) is 27.8 Å². The Bertz CT molecular complexity index is 869. The zero-order valence-corrected chi connectivity index (χ0v) is 14.8. The molecule has 130 valence electrons. The number of benzene rings is 2. The van der Waals surface area contributed by atoms with Gasteiger partial charge in [0.2, 0.25) is 0 Å². The molecule has 0 radical (unpaired) electrons. The van der Waals surface area contributed by atoms with Crippen LogP contribution < -0.4 is 10.7 Å². The largest absolute Gasteiger partial charge is 0.420 e. The van der Waals surface area contributed by atoms with Crippen LogP contribution in [0.1, 0.15) is 24.8 Å². The fraction of sp³-hybridized carbons (Fsp3) is 0.273. The van der Waals surface area contributed by atoms with Crippen molar-refractivity contribution in [3.63, 3.8) is 0 Å². The zero-order valence-electron chi connectivity index (χ0n) is 14.8. The topological polar surface area (TPSA) is 30.5 Å². The summed E-state index contributed by atoms with van der Waals surface area (Å²) in [6, 6.07) is 19.2. The molecule has 2 aromatic carbocycles. The van der Waals surface area contributed by atoms with Gasteiger partial charge < -0.3 is 14.7 Å². The average molecular weight is 343 g/mol. The van der Waals surface area contributed by atoms with Crippen LogP contribution in [0.15, 0.2) is 71.7 Å². The van der Waals surface area contributed by atoms with Gasteiger partial charge in [0.05, 0.1) is 13.2 Å². The lowest BCUT2D eigenvalue weighted by molar-refractivity contribution is -0.161. The van der Waals surface area contributed by atoms with Gasteiger partial charge in [0, 0.05) is 18.5 Å². The molecule has 1 N–H and O–H groups in total. The first-order chi connectivity index (χ1) is 12.8. The van der Waals surface area contributed by atoms with Crippen LogP contribution in [-0.2, 0) is 9.47 Å². The summed E-state index contributed by atoms with van der Waals surface area (Å²) in [5.74, 6) is -0.369. The van der Waals surface area contributed by atoms with Crippen molar-refractivity contribution in [1.82, 2.24) is 0 Å². The molecule has 1 spiro atoms. The first-order valence-corrected chi connectivity index (χ1v) is 9.42. The number of rotatable bonds is 2. The number of fused-ring (bicyclic) bond motifs is 1. The van der Waals surface area contributed by atoms with Gasteiger partial charge in [0.1, 0.15) is 0 Å². The summed E-state index contributed by atoms with van der Waals surface area (Å²) < 4.78 is 11.8. The van der Waals surface area contributed by atoms with E-state index in [4.69, 9.17) is 9.47 Å². The predicted molar refractivity (Wildman–Crippen MR) is 106 cm³/mol. The van der Waals surface area contributed by atoms with Crippen LogP contribution in [-0.4, -0.2) is 25.8 Å². The van der Waals surface area contributed by atoms with Gasteiger partial charge in [-0.3, -0.25) is 0 Å². The van der Waals surface area contributed by atoms with Gasteiger partial charge in [-0.1, -0.05) is 71.7 Å². The first kappa shape index (κ1) is 15.9. The monoisotopic (exact) mass is 343 g/mol. The number of hydrogen-bond acceptors (Lipinski definition) is 3. The Kier molecular flexibility index (Phi) is 3.95. The smallest absolute Gasteiger partial charge is 0.321 e. The third kappa shape index (κ3) is 2.79. The second-order valence-electron chi connectivity index (χ2n) is 7.22. The maximum absolute atomic E-state index is 5.88. The summed E-state index contributed by atoms with van der Waals surface area (Å²) in [6.07, 6.45) is 7.43. The van der Waals surface area contributed by atoms with Gasteiger partial charge in [0.15, 0.2) is 5.79 Å². The fourth-order valence-corrected chi connectivity index (χ4v) is 4.25. The lowest BCUT2D eigenvalue weighted by Gasteiger charge is -2.34. The van der Waals surface area contributed by atoms with E-state index in [2.05, 4.69) is 72.0 Å². The van der Waals surface area contributed by atoms with Gasteiger partial charge in [0.25, 0.3) is 0 Å². The van der Waals surface area contributed by atoms with Crippen molar-refractivity contribution in [2.45, 2.75) is 25.0 Å². The highest BCUT2D eigenvalue weighted by Crippen LogP contribution is 2.39. The van der Waals surface area contributed by atoms with Crippen molar-refractivity contribution < 1.29 is 9.47 Å². The molecule has 0 atom stereocenters. The van der Waals surface area contributed by atoms with Crippen LogP contribution >= 0.6 is 0 Å². The van der Waals surface area contributed by atoms with E-state index in [9.17, 15) is 0 Å². The minimum absolute atomic E-state index is 0.178. The van der Waals surface area contributed by atoms with Crippen LogP contribution in [0.4, 0.5) is 5.69 Å². The van der Waals surface area contributed by atoms with Crippen molar-refractivity contribution in [2.24, 2.45) is 0 Å². The zero-order chi connectivity index (χ0) is 17.4. The van der Waals surface area contributed by atoms with Crippen molar-refractivity contribution in [3.8, 4) is 0 Å². The van der Waals surface area contributed by atoms with E-state index in [0.29, 0.717) is 13.2 Å². The van der Waals surface area contributed by atoms with Crippen LogP contribution in [0.2, 0.25) is 0 Å². The molecule has 5 rings (SSSR count). The molecule has 0 saturated carbocycles. The Balaban J connectivity index is 1.53. The average Bonchev–Trinajstić information content (AvgIpc) is 3.16. The fourth-order valence-electron chi connectivity index (χ4n) is 4.25. The summed E-state index contributed by atoms with van der Waals surface area (Å²) in [5.41, 5.74) is 6.51. The molecule has 0 amide bonds. The molecule has 0 unspecified atom stereocenters. The number of nitrogens with one attached hydrogen (secondary N) is 1. The van der Waals surface area contributed by atoms with Gasteiger partial charge in [-0.2, -0.15) is 0 Å². The Hall–Kier alpha value is -2.30. The van der Waals surface area contributed by atoms with Crippen molar-refractivity contribution in [3.05, 3.63) is 77.3 Å². The Morgan fingerprint density at radius 2 is 1.69 bits per heavy atom. The molecular formula is C22H22BNO2. The number of allylic oxidation sites excluding steroid dienone is 2. The Morgan fingerprint density at radius 1 is 0.923 bits per heavy atom. The maximum atomic E-state index is 5.88. The lowest BCUT2D eigenvalue weighted by Crippen LogP contribution is -2.43. The van der Waals surface area contributed by atoms with Gasteiger partial charge in [-0.05, 0) is 23.5 Å². The normalized spacial score (nSPS) is 21.0. The highest BCUT2D eigenvalue weighted by Gasteiger charge is 2.39. The number of anilines is 1. The van der Waals surface area contributed by atoms with E-state index in [1.54, 1.807) is 0 Å². The summed E-state index contributed by atoms with van der Waals surface area (Å²) >= 11 is 0. The molecule has 1 fully saturated rings. The number of hydrogen-bond donors (Lipinski definition) is 1. The van der Waals surface area contributed by atoms with Crippen LogP contribution in [0.5, 0.6) is 0 Å². The van der Waals surface area contributed by atoms with Crippen molar-refractivity contribution >= 4 is 24.1 Å². The molecule has 3 aliphatic rings. The molecule has 1 aliphatic carbocycles. The molecule has 2 aromatic rings. The minimum atomic E-state index is -0.369. The number of ether oxygens (including phenoxy) is 2. The summed E-state index contributed by atoms with van der Waals surface area (Å²) in [6.45, 7) is 1.61. The minimum Gasteiger partial charge on any atom is -0.420 e. The van der Waals surface area contributed by atoms with Crippen molar-refractivity contribution in [1.29, 1.82) is 0 Å². The third-order valence-corrected chi connectivity index (χ3v) is 5.63. The van der Waals surface area contributed by atoms with E-state index in [-0.39, 0.29) is 12.6 Å². The van der Waals surface area contributed by atoms with Crippen molar-refractivity contribution in [2.75, 3.05) is 18.4 Å². The van der Waals surface area contributed by atoms with E-state index >= 15 is 0 Å². The Morgan fingerprint density at radius 3 is 2.46 bits per heavy atom. The van der Waals surface area contributed by atoms with Crippen LogP contribution in [0.25, 0.3) is 6.08 Å². The summed E-state index contributed by atoms with van der Waals surface area (Å²) in [5, 5.41) is 3.75. The molecule has 3 nitrogen and oxygen atoms in total. The van der Waals surface area contributed by atoms with Gasteiger partial charge in [-0.25, -0.2) is 0 Å². The molecule has 2 heterocycles. The van der Waals surface area contributed by atoms with Crippen LogP contribution in [0, 0.1) is 0 Å². The standard InChI is InChI=1S/C22H22BNO2/c1-2-7-19(8-3-1)23-20(16-18-6-4-5-9-21(18)24-23)17-10-12-22(13-11-17)25-14-15-26-22/h1-10,16,24H,11-15H2. The van der Waals surface area contributed by atoms with Crippen LogP contribution in [0.3, 0.4) is 0 Å². The summed E-state index contributed by atoms with van der Waals surface area (Å²) in [4.78, 5) is 0. The SMILES string of the molecule is C1=C(C2=Cc3ccccc3NB2c2ccccc2)CCC2(C1)OCCO2. The second kappa shape index (κ2) is 6.46. The number of para-hydroxylation sites is 1. The van der Waals surface area contributed by atoms with E-state index in [1.807, 2.05) is 0 Å². The lowest BCUT2D eigenvalue weighted by atomic mass is 9.46. The first-order valence-electron chi connectivity index (χ1n) is 9.42. The predicted octanol–water partition coefficient (Wildman–Crippen LogP) is 3.79. The molecule has 0 bridgehead atoms. The van der Waals surface area contributed by atoms with E-state index < -0.39 is 0 Å². The summed E-state index contributed by atoms with van der Waals surface area (Å²) in [7, 11) is 0. The third-order valence-electron chi connectivity index (χ3n) is 5.63. The maximum Gasteiger partial charge on any atom is 0.321 e. The molecule has 1 saturated heterocycles. The highest BCUT2D eigenvalue weighted by molar-refractivity contribution is 6.84. The van der Waals surface area contributed by atoms with Gasteiger partial charge in [-0.15, -0.1) is 0 Å².